The number of aromatic nitrogens is 6. The quantitative estimate of drug-likeness (QED) is 0.480. The summed E-state index contributed by atoms with van der Waals surface area (Å²) < 4.78 is 3.18. The normalized spacial score (nSPS) is 10.5. The van der Waals surface area contributed by atoms with Crippen molar-refractivity contribution in [3.8, 4) is 5.69 Å². The molecule has 0 spiro atoms. The molecule has 2 aromatic carbocycles. The highest BCUT2D eigenvalue weighted by atomic mass is 16.2. The summed E-state index contributed by atoms with van der Waals surface area (Å²) in [4.78, 5) is 28.2. The number of carbonyl (C=O) groups is 2. The van der Waals surface area contributed by atoms with E-state index in [1.54, 1.807) is 46.2 Å². The van der Waals surface area contributed by atoms with Crippen LogP contribution in [0.25, 0.3) is 5.69 Å². The highest BCUT2D eigenvalue weighted by Gasteiger charge is 2.12. The number of hydrogen-bond donors (Lipinski definition) is 2. The molecule has 4 rings (SSSR count). The van der Waals surface area contributed by atoms with Crippen molar-refractivity contribution < 1.29 is 9.59 Å². The Morgan fingerprint density at radius 2 is 1.80 bits per heavy atom. The van der Waals surface area contributed by atoms with Crippen LogP contribution in [0.1, 0.15) is 16.1 Å². The third-order valence-electron chi connectivity index (χ3n) is 4.20. The maximum Gasteiger partial charge on any atom is 0.273 e. The van der Waals surface area contributed by atoms with Crippen molar-refractivity contribution in [3.63, 3.8) is 0 Å². The van der Waals surface area contributed by atoms with Gasteiger partial charge in [-0.2, -0.15) is 5.10 Å². The Morgan fingerprint density at radius 1 is 1.00 bits per heavy atom. The van der Waals surface area contributed by atoms with E-state index in [1.165, 1.54) is 6.33 Å². The van der Waals surface area contributed by atoms with Gasteiger partial charge in [0.05, 0.1) is 25.0 Å². The van der Waals surface area contributed by atoms with Crippen LogP contribution in [-0.2, 0) is 11.3 Å². The number of nitrogens with one attached hydrogen (secondary N) is 2. The molecule has 0 saturated heterocycles. The van der Waals surface area contributed by atoms with Gasteiger partial charge in [-0.25, -0.2) is 14.3 Å². The van der Waals surface area contributed by atoms with Crippen molar-refractivity contribution in [1.29, 1.82) is 0 Å². The lowest BCUT2D eigenvalue weighted by atomic mass is 10.2. The van der Waals surface area contributed by atoms with Crippen LogP contribution in [0.4, 0.5) is 5.69 Å². The topological polar surface area (TPSA) is 120 Å². The Kier molecular flexibility index (Phi) is 5.56. The lowest BCUT2D eigenvalue weighted by Gasteiger charge is -2.07. The smallest absolute Gasteiger partial charge is 0.273 e. The van der Waals surface area contributed by atoms with E-state index in [-0.39, 0.29) is 18.1 Å². The second-order valence-corrected chi connectivity index (χ2v) is 6.40. The Labute approximate surface area is 171 Å². The molecule has 10 nitrogen and oxygen atoms in total. The minimum absolute atomic E-state index is 0.149. The summed E-state index contributed by atoms with van der Waals surface area (Å²) in [6.45, 7) is 0.321. The fourth-order valence-electron chi connectivity index (χ4n) is 2.75. The number of benzene rings is 2. The summed E-state index contributed by atoms with van der Waals surface area (Å²) >= 11 is 0. The summed E-state index contributed by atoms with van der Waals surface area (Å²) in [5, 5.41) is 17.1. The van der Waals surface area contributed by atoms with Crippen molar-refractivity contribution in [3.05, 3.63) is 84.7 Å². The van der Waals surface area contributed by atoms with E-state index in [2.05, 4.69) is 31.0 Å². The molecule has 0 saturated carbocycles. The third kappa shape index (κ3) is 4.73. The Hall–Kier alpha value is -4.34. The predicted octanol–water partition coefficient (Wildman–Crippen LogP) is 1.28. The van der Waals surface area contributed by atoms with E-state index in [0.29, 0.717) is 12.2 Å². The molecule has 2 heterocycles. The van der Waals surface area contributed by atoms with Gasteiger partial charge in [0.2, 0.25) is 5.91 Å². The van der Waals surface area contributed by atoms with Gasteiger partial charge in [0.15, 0.2) is 5.69 Å². The standard InChI is InChI=1S/C20H18N8O2/c29-19(24-16-6-8-17(9-7-16)28-14-21-13-23-28)10-22-20(30)18-12-27(26-25-18)11-15-4-2-1-3-5-15/h1-9,12-14H,10-11H2,(H,22,30)(H,24,29). The first-order valence-electron chi connectivity index (χ1n) is 9.14. The molecule has 10 heteroatoms. The summed E-state index contributed by atoms with van der Waals surface area (Å²) in [6, 6.07) is 16.8. The maximum atomic E-state index is 12.2. The molecule has 0 unspecified atom stereocenters. The van der Waals surface area contributed by atoms with Crippen molar-refractivity contribution in [2.75, 3.05) is 11.9 Å². The molecule has 2 N–H and O–H groups in total. The van der Waals surface area contributed by atoms with Gasteiger partial charge in [-0.15, -0.1) is 5.10 Å². The second-order valence-electron chi connectivity index (χ2n) is 6.40. The number of nitrogens with zero attached hydrogens (tertiary/aromatic N) is 6. The van der Waals surface area contributed by atoms with Gasteiger partial charge in [0.1, 0.15) is 12.7 Å². The second kappa shape index (κ2) is 8.78. The van der Waals surface area contributed by atoms with E-state index in [4.69, 9.17) is 0 Å². The molecule has 0 aliphatic rings. The van der Waals surface area contributed by atoms with Crippen LogP contribution in [0.3, 0.4) is 0 Å². The first kappa shape index (κ1) is 19.0. The highest BCUT2D eigenvalue weighted by molar-refractivity contribution is 5.98. The zero-order valence-corrected chi connectivity index (χ0v) is 15.8. The van der Waals surface area contributed by atoms with E-state index < -0.39 is 5.91 Å². The van der Waals surface area contributed by atoms with Crippen LogP contribution < -0.4 is 10.6 Å². The minimum atomic E-state index is -0.467. The van der Waals surface area contributed by atoms with Crippen molar-refractivity contribution in [2.45, 2.75) is 6.54 Å². The fraction of sp³-hybridized carbons (Fsp3) is 0.100. The average molecular weight is 402 g/mol. The molecular weight excluding hydrogens is 384 g/mol. The van der Waals surface area contributed by atoms with Crippen LogP contribution >= 0.6 is 0 Å². The molecule has 2 amide bonds. The summed E-state index contributed by atoms with van der Waals surface area (Å²) in [5.41, 5.74) is 2.61. The number of hydrogen-bond acceptors (Lipinski definition) is 6. The number of rotatable bonds is 7. The van der Waals surface area contributed by atoms with Gasteiger partial charge in [0, 0.05) is 5.69 Å². The highest BCUT2D eigenvalue weighted by Crippen LogP contribution is 2.12. The zero-order chi connectivity index (χ0) is 20.8. The van der Waals surface area contributed by atoms with Gasteiger partial charge in [-0.1, -0.05) is 35.5 Å². The molecule has 0 atom stereocenters. The number of carbonyl (C=O) groups excluding carboxylic acids is 2. The Morgan fingerprint density at radius 3 is 2.53 bits per heavy atom. The molecule has 30 heavy (non-hydrogen) atoms. The monoisotopic (exact) mass is 402 g/mol. The van der Waals surface area contributed by atoms with Gasteiger partial charge >= 0.3 is 0 Å². The van der Waals surface area contributed by atoms with Crippen molar-refractivity contribution in [2.24, 2.45) is 0 Å². The Balaban J connectivity index is 1.27. The lowest BCUT2D eigenvalue weighted by molar-refractivity contribution is -0.115. The van der Waals surface area contributed by atoms with Crippen molar-refractivity contribution in [1.82, 2.24) is 35.1 Å². The maximum absolute atomic E-state index is 12.2. The van der Waals surface area contributed by atoms with Crippen molar-refractivity contribution >= 4 is 17.5 Å². The van der Waals surface area contributed by atoms with E-state index in [9.17, 15) is 9.59 Å². The molecule has 0 bridgehead atoms. The first-order valence-corrected chi connectivity index (χ1v) is 9.14. The van der Waals surface area contributed by atoms with Crippen LogP contribution in [0.15, 0.2) is 73.4 Å². The molecular formula is C20H18N8O2. The van der Waals surface area contributed by atoms with E-state index in [1.807, 2.05) is 30.3 Å². The molecule has 150 valence electrons. The lowest BCUT2D eigenvalue weighted by Crippen LogP contribution is -2.33. The molecule has 0 aliphatic heterocycles. The molecule has 4 aromatic rings. The summed E-state index contributed by atoms with van der Waals surface area (Å²) in [6.07, 6.45) is 4.57. The molecule has 0 aliphatic carbocycles. The largest absolute Gasteiger partial charge is 0.342 e. The van der Waals surface area contributed by atoms with E-state index in [0.717, 1.165) is 11.3 Å². The number of amides is 2. The van der Waals surface area contributed by atoms with Crippen LogP contribution in [0, 0.1) is 0 Å². The molecule has 2 aromatic heterocycles. The van der Waals surface area contributed by atoms with Crippen LogP contribution in [-0.4, -0.2) is 48.1 Å². The SMILES string of the molecule is O=C(CNC(=O)c1cn(Cc2ccccc2)nn1)Nc1ccc(-n2cncn2)cc1. The van der Waals surface area contributed by atoms with Crippen LogP contribution in [0.2, 0.25) is 0 Å². The fourth-order valence-corrected chi connectivity index (χ4v) is 2.75. The van der Waals surface area contributed by atoms with Crippen LogP contribution in [0.5, 0.6) is 0 Å². The zero-order valence-electron chi connectivity index (χ0n) is 15.8. The third-order valence-corrected chi connectivity index (χ3v) is 4.20. The van der Waals surface area contributed by atoms with Gasteiger partial charge in [0.25, 0.3) is 5.91 Å². The minimum Gasteiger partial charge on any atom is -0.342 e. The van der Waals surface area contributed by atoms with Gasteiger partial charge in [-0.05, 0) is 29.8 Å². The molecule has 0 fully saturated rings. The Bertz CT molecular complexity index is 1120. The number of anilines is 1. The predicted molar refractivity (Wildman–Crippen MR) is 108 cm³/mol. The van der Waals surface area contributed by atoms with Gasteiger partial charge < -0.3 is 10.6 Å². The molecule has 0 radical (unpaired) electrons. The van der Waals surface area contributed by atoms with E-state index >= 15 is 0 Å². The summed E-state index contributed by atoms with van der Waals surface area (Å²) in [7, 11) is 0. The summed E-state index contributed by atoms with van der Waals surface area (Å²) in [5.74, 6) is -0.820. The van der Waals surface area contributed by atoms with Gasteiger partial charge in [-0.3, -0.25) is 9.59 Å². The first-order chi connectivity index (χ1) is 14.7. The average Bonchev–Trinajstić information content (AvgIpc) is 3.46.